The summed E-state index contributed by atoms with van der Waals surface area (Å²) in [6.07, 6.45) is 1.80. The van der Waals surface area contributed by atoms with Crippen LogP contribution in [0.2, 0.25) is 0 Å². The van der Waals surface area contributed by atoms with Crippen LogP contribution in [0.5, 0.6) is 5.75 Å². The van der Waals surface area contributed by atoms with Gasteiger partial charge in [0.05, 0.1) is 36.0 Å². The zero-order chi connectivity index (χ0) is 28.5. The Hall–Kier alpha value is -5.48. The summed E-state index contributed by atoms with van der Waals surface area (Å²) in [5.41, 5.74) is 11.4. The highest BCUT2D eigenvalue weighted by molar-refractivity contribution is 6.57. The van der Waals surface area contributed by atoms with E-state index >= 15 is 0 Å². The number of ether oxygens (including phenoxy) is 1. The highest BCUT2D eigenvalue weighted by atomic mass is 16.5. The predicted octanol–water partition coefficient (Wildman–Crippen LogP) is 9.85. The first-order valence-corrected chi connectivity index (χ1v) is 13.9. The molecule has 0 spiro atoms. The molecule has 0 bridgehead atoms. The number of methoxy groups -OCH3 is 1. The fourth-order valence-corrected chi connectivity index (χ4v) is 5.56. The predicted molar refractivity (Wildman–Crippen MR) is 172 cm³/mol. The van der Waals surface area contributed by atoms with Crippen LogP contribution in [0.4, 0.5) is 11.4 Å². The van der Waals surface area contributed by atoms with Gasteiger partial charge in [-0.05, 0) is 53.9 Å². The maximum Gasteiger partial charge on any atom is 0.144 e. The molecule has 4 nitrogen and oxygen atoms in total. The molecular formula is C38H28N2O2. The van der Waals surface area contributed by atoms with Gasteiger partial charge < -0.3 is 9.15 Å². The second-order valence-corrected chi connectivity index (χ2v) is 10.2. The first-order chi connectivity index (χ1) is 20.7. The zero-order valence-corrected chi connectivity index (χ0v) is 23.4. The molecule has 202 valence electrons. The lowest BCUT2D eigenvalue weighted by Crippen LogP contribution is -2.23. The maximum absolute atomic E-state index is 6.20. The van der Waals surface area contributed by atoms with Crippen LogP contribution in [0, 0.1) is 6.92 Å². The van der Waals surface area contributed by atoms with Crippen molar-refractivity contribution in [2.75, 3.05) is 7.11 Å². The standard InChI is InChI=1S/C38H28N2O2/c1-25-24-42-38-32-23-28(41-2)21-22-31(32)36(39-33-19-11-9-17-29(33)26-13-5-3-6-14-26)37(35(25)38)40-34-20-12-10-18-30(34)27-15-7-4-8-16-27/h3-24H,1-2H3. The van der Waals surface area contributed by atoms with Crippen molar-refractivity contribution in [2.45, 2.75) is 6.92 Å². The van der Waals surface area contributed by atoms with E-state index in [0.717, 1.165) is 78.8 Å². The lowest BCUT2D eigenvalue weighted by Gasteiger charge is -2.22. The molecule has 1 heterocycles. The van der Waals surface area contributed by atoms with Crippen molar-refractivity contribution >= 4 is 22.8 Å². The van der Waals surface area contributed by atoms with Crippen LogP contribution in [-0.4, -0.2) is 18.5 Å². The summed E-state index contributed by atoms with van der Waals surface area (Å²) in [5, 5.41) is 0. The van der Waals surface area contributed by atoms with Crippen molar-refractivity contribution in [1.82, 2.24) is 0 Å². The van der Waals surface area contributed by atoms with Crippen molar-refractivity contribution in [1.29, 1.82) is 0 Å². The van der Waals surface area contributed by atoms with Gasteiger partial charge in [-0.2, -0.15) is 0 Å². The molecule has 42 heavy (non-hydrogen) atoms. The average Bonchev–Trinajstić information content (AvgIpc) is 3.45. The number of rotatable bonds is 5. The minimum atomic E-state index is 0.757. The number of aryl methyl sites for hydroxylation is 1. The Morgan fingerprint density at radius 3 is 1.69 bits per heavy atom. The van der Waals surface area contributed by atoms with E-state index in [1.54, 1.807) is 13.4 Å². The van der Waals surface area contributed by atoms with E-state index in [2.05, 4.69) is 91.9 Å². The molecule has 5 aromatic carbocycles. The Bertz CT molecular complexity index is 1970. The van der Waals surface area contributed by atoms with E-state index in [1.807, 2.05) is 42.5 Å². The molecule has 6 aromatic rings. The number of para-hydroxylation sites is 2. The molecule has 0 unspecified atom stereocenters. The molecule has 4 heteroatoms. The highest BCUT2D eigenvalue weighted by Gasteiger charge is 2.32. The summed E-state index contributed by atoms with van der Waals surface area (Å²) in [5.74, 6) is 1.53. The Labute approximate surface area is 245 Å². The van der Waals surface area contributed by atoms with E-state index in [-0.39, 0.29) is 0 Å². The lowest BCUT2D eigenvalue weighted by atomic mass is 9.85. The number of nitrogens with zero attached hydrogens (tertiary/aromatic N) is 2. The van der Waals surface area contributed by atoms with Crippen LogP contribution in [0.3, 0.4) is 0 Å². The molecule has 0 fully saturated rings. The van der Waals surface area contributed by atoms with Crippen LogP contribution in [0.25, 0.3) is 33.6 Å². The molecule has 1 aliphatic carbocycles. The summed E-state index contributed by atoms with van der Waals surface area (Å²) in [4.78, 5) is 10.8. The molecule has 0 saturated carbocycles. The molecule has 7 rings (SSSR count). The van der Waals surface area contributed by atoms with Gasteiger partial charge in [-0.25, -0.2) is 9.98 Å². The Morgan fingerprint density at radius 2 is 1.10 bits per heavy atom. The Balaban J connectivity index is 1.52. The van der Waals surface area contributed by atoms with Crippen LogP contribution < -0.4 is 4.74 Å². The fraction of sp³-hybridized carbons (Fsp3) is 0.0526. The first-order valence-electron chi connectivity index (χ1n) is 13.9. The molecular weight excluding hydrogens is 516 g/mol. The number of fused-ring (bicyclic) bond motifs is 3. The molecule has 0 N–H and O–H groups in total. The van der Waals surface area contributed by atoms with Crippen molar-refractivity contribution in [3.05, 3.63) is 150 Å². The van der Waals surface area contributed by atoms with Gasteiger partial charge in [0.25, 0.3) is 0 Å². The van der Waals surface area contributed by atoms with Gasteiger partial charge in [0.15, 0.2) is 0 Å². The SMILES string of the molecule is COc1ccc2c(c1)-c1occ(C)c1C(=Nc1ccccc1-c1ccccc1)C2=Nc1ccccc1-c1ccccc1. The first kappa shape index (κ1) is 25.5. The van der Waals surface area contributed by atoms with Crippen molar-refractivity contribution in [3.63, 3.8) is 0 Å². The van der Waals surface area contributed by atoms with E-state index in [0.29, 0.717) is 0 Å². The van der Waals surface area contributed by atoms with Crippen molar-refractivity contribution < 1.29 is 9.15 Å². The topological polar surface area (TPSA) is 47.1 Å². The third kappa shape index (κ3) is 4.53. The van der Waals surface area contributed by atoms with Gasteiger partial charge >= 0.3 is 0 Å². The van der Waals surface area contributed by atoms with Gasteiger partial charge in [-0.15, -0.1) is 0 Å². The maximum atomic E-state index is 6.20. The van der Waals surface area contributed by atoms with Gasteiger partial charge in [-0.3, -0.25) is 0 Å². The Kier molecular flexibility index (Phi) is 6.57. The second kappa shape index (κ2) is 10.8. The molecule has 0 radical (unpaired) electrons. The van der Waals surface area contributed by atoms with Gasteiger partial charge in [0.1, 0.15) is 17.2 Å². The largest absolute Gasteiger partial charge is 0.497 e. The summed E-state index contributed by atoms with van der Waals surface area (Å²) in [7, 11) is 1.68. The van der Waals surface area contributed by atoms with E-state index < -0.39 is 0 Å². The smallest absolute Gasteiger partial charge is 0.144 e. The lowest BCUT2D eigenvalue weighted by molar-refractivity contribution is 0.415. The van der Waals surface area contributed by atoms with Crippen LogP contribution in [-0.2, 0) is 0 Å². The monoisotopic (exact) mass is 544 g/mol. The number of hydrogen-bond acceptors (Lipinski definition) is 4. The van der Waals surface area contributed by atoms with Crippen molar-refractivity contribution in [3.8, 4) is 39.3 Å². The average molecular weight is 545 g/mol. The summed E-state index contributed by atoms with van der Waals surface area (Å²) < 4.78 is 11.8. The van der Waals surface area contributed by atoms with Crippen LogP contribution >= 0.6 is 0 Å². The summed E-state index contributed by atoms with van der Waals surface area (Å²) >= 11 is 0. The zero-order valence-electron chi connectivity index (χ0n) is 23.4. The minimum absolute atomic E-state index is 0.757. The third-order valence-electron chi connectivity index (χ3n) is 7.60. The number of furan rings is 1. The highest BCUT2D eigenvalue weighted by Crippen LogP contribution is 2.42. The summed E-state index contributed by atoms with van der Waals surface area (Å²) in [6.45, 7) is 2.06. The third-order valence-corrected chi connectivity index (χ3v) is 7.60. The van der Waals surface area contributed by atoms with E-state index in [1.165, 1.54) is 0 Å². The fourth-order valence-electron chi connectivity index (χ4n) is 5.56. The van der Waals surface area contributed by atoms with Gasteiger partial charge in [-0.1, -0.05) is 97.1 Å². The molecule has 0 saturated heterocycles. The van der Waals surface area contributed by atoms with Crippen molar-refractivity contribution in [2.24, 2.45) is 9.98 Å². The quantitative estimate of drug-likeness (QED) is 0.217. The van der Waals surface area contributed by atoms with E-state index in [4.69, 9.17) is 19.1 Å². The number of aliphatic imine (C=N–C) groups is 2. The van der Waals surface area contributed by atoms with E-state index in [9.17, 15) is 0 Å². The number of hydrogen-bond donors (Lipinski definition) is 0. The normalized spacial score (nSPS) is 14.0. The van der Waals surface area contributed by atoms with Crippen LogP contribution in [0.1, 0.15) is 16.7 Å². The molecule has 1 aromatic heterocycles. The second-order valence-electron chi connectivity index (χ2n) is 10.2. The van der Waals surface area contributed by atoms with Gasteiger partial charge in [0, 0.05) is 22.3 Å². The minimum Gasteiger partial charge on any atom is -0.497 e. The van der Waals surface area contributed by atoms with Gasteiger partial charge in [0.2, 0.25) is 0 Å². The summed E-state index contributed by atoms with van der Waals surface area (Å²) in [6, 6.07) is 43.2. The molecule has 0 amide bonds. The number of benzene rings is 5. The van der Waals surface area contributed by atoms with Crippen LogP contribution in [0.15, 0.2) is 148 Å². The Morgan fingerprint density at radius 1 is 0.548 bits per heavy atom. The molecule has 0 atom stereocenters. The molecule has 0 aliphatic heterocycles. The molecule has 1 aliphatic rings.